The van der Waals surface area contributed by atoms with Crippen molar-refractivity contribution in [3.8, 4) is 11.3 Å². The molecule has 2 aromatic carbocycles. The molecule has 0 saturated carbocycles. The second-order valence-electron chi connectivity index (χ2n) is 6.61. The van der Waals surface area contributed by atoms with Crippen molar-refractivity contribution < 1.29 is 14.3 Å². The van der Waals surface area contributed by atoms with Crippen LogP contribution in [0.3, 0.4) is 0 Å². The van der Waals surface area contributed by atoms with Crippen LogP contribution in [0, 0.1) is 0 Å². The molecule has 7 nitrogen and oxygen atoms in total. The van der Waals surface area contributed by atoms with Crippen molar-refractivity contribution in [3.63, 3.8) is 0 Å². The molecule has 1 aromatic heterocycles. The van der Waals surface area contributed by atoms with Crippen LogP contribution in [0.5, 0.6) is 0 Å². The highest BCUT2D eigenvalue weighted by Gasteiger charge is 2.19. The SMILES string of the molecule is COCCNC(=O)CNC(=O)c1cn(Cc2ccccc2)nc1-c1ccc(Cl)cc1. The minimum atomic E-state index is -0.374. The molecule has 0 radical (unpaired) electrons. The first kappa shape index (κ1) is 21.5. The maximum absolute atomic E-state index is 12.8. The number of methoxy groups -OCH3 is 1. The van der Waals surface area contributed by atoms with E-state index in [1.54, 1.807) is 30.1 Å². The Morgan fingerprint density at radius 2 is 1.80 bits per heavy atom. The molecule has 2 amide bonds. The predicted octanol–water partition coefficient (Wildman–Crippen LogP) is 2.74. The van der Waals surface area contributed by atoms with E-state index in [0.29, 0.717) is 36.0 Å². The first-order valence-electron chi connectivity index (χ1n) is 9.48. The van der Waals surface area contributed by atoms with Gasteiger partial charge in [-0.05, 0) is 17.7 Å². The highest BCUT2D eigenvalue weighted by atomic mass is 35.5. The largest absolute Gasteiger partial charge is 0.383 e. The van der Waals surface area contributed by atoms with E-state index in [2.05, 4.69) is 15.7 Å². The van der Waals surface area contributed by atoms with Gasteiger partial charge in [-0.25, -0.2) is 0 Å². The fourth-order valence-corrected chi connectivity index (χ4v) is 3.00. The molecular formula is C22H23ClN4O3. The van der Waals surface area contributed by atoms with Crippen LogP contribution < -0.4 is 10.6 Å². The van der Waals surface area contributed by atoms with Crippen LogP contribution >= 0.6 is 11.6 Å². The van der Waals surface area contributed by atoms with E-state index in [1.807, 2.05) is 42.5 Å². The summed E-state index contributed by atoms with van der Waals surface area (Å²) in [7, 11) is 1.55. The first-order valence-corrected chi connectivity index (χ1v) is 9.86. The molecule has 0 saturated heterocycles. The number of carbonyl (C=O) groups excluding carboxylic acids is 2. The molecule has 3 aromatic rings. The van der Waals surface area contributed by atoms with Crippen LogP contribution in [0.15, 0.2) is 60.8 Å². The molecule has 0 aliphatic carbocycles. The van der Waals surface area contributed by atoms with Gasteiger partial charge >= 0.3 is 0 Å². The van der Waals surface area contributed by atoms with E-state index in [0.717, 1.165) is 11.1 Å². The van der Waals surface area contributed by atoms with Gasteiger partial charge in [0, 0.05) is 30.4 Å². The fraction of sp³-hybridized carbons (Fsp3) is 0.227. The van der Waals surface area contributed by atoms with E-state index in [9.17, 15) is 9.59 Å². The molecule has 1 heterocycles. The third-order valence-electron chi connectivity index (χ3n) is 4.35. The lowest BCUT2D eigenvalue weighted by Gasteiger charge is -2.07. The van der Waals surface area contributed by atoms with Crippen molar-refractivity contribution in [2.75, 3.05) is 26.8 Å². The predicted molar refractivity (Wildman–Crippen MR) is 115 cm³/mol. The molecule has 2 N–H and O–H groups in total. The van der Waals surface area contributed by atoms with Gasteiger partial charge in [-0.15, -0.1) is 0 Å². The zero-order valence-electron chi connectivity index (χ0n) is 16.6. The lowest BCUT2D eigenvalue weighted by Crippen LogP contribution is -2.38. The van der Waals surface area contributed by atoms with Gasteiger partial charge in [-0.2, -0.15) is 5.10 Å². The molecule has 8 heteroatoms. The summed E-state index contributed by atoms with van der Waals surface area (Å²) in [6.45, 7) is 1.18. The second kappa shape index (κ2) is 10.6. The molecule has 0 bridgehead atoms. The highest BCUT2D eigenvalue weighted by molar-refractivity contribution is 6.30. The maximum atomic E-state index is 12.8. The van der Waals surface area contributed by atoms with E-state index in [-0.39, 0.29) is 18.4 Å². The molecule has 156 valence electrons. The average molecular weight is 427 g/mol. The molecule has 0 aliphatic heterocycles. The summed E-state index contributed by atoms with van der Waals surface area (Å²) in [6, 6.07) is 17.0. The quantitative estimate of drug-likeness (QED) is 0.515. The van der Waals surface area contributed by atoms with Gasteiger partial charge < -0.3 is 15.4 Å². The number of benzene rings is 2. The van der Waals surface area contributed by atoms with Crippen LogP contribution in [0.2, 0.25) is 5.02 Å². The maximum Gasteiger partial charge on any atom is 0.255 e. The molecular weight excluding hydrogens is 404 g/mol. The van der Waals surface area contributed by atoms with Crippen molar-refractivity contribution >= 4 is 23.4 Å². The Labute approximate surface area is 180 Å². The topological polar surface area (TPSA) is 85.3 Å². The lowest BCUT2D eigenvalue weighted by molar-refractivity contribution is -0.120. The van der Waals surface area contributed by atoms with Gasteiger partial charge in [0.15, 0.2) is 0 Å². The van der Waals surface area contributed by atoms with Gasteiger partial charge in [0.25, 0.3) is 5.91 Å². The smallest absolute Gasteiger partial charge is 0.255 e. The van der Waals surface area contributed by atoms with Crippen LogP contribution in [0.25, 0.3) is 11.3 Å². The Hall–Kier alpha value is -3.16. The molecule has 0 unspecified atom stereocenters. The summed E-state index contributed by atoms with van der Waals surface area (Å²) in [4.78, 5) is 24.7. The normalized spacial score (nSPS) is 10.6. The van der Waals surface area contributed by atoms with Gasteiger partial charge in [0.1, 0.15) is 5.69 Å². The highest BCUT2D eigenvalue weighted by Crippen LogP contribution is 2.24. The van der Waals surface area contributed by atoms with E-state index in [4.69, 9.17) is 16.3 Å². The van der Waals surface area contributed by atoms with E-state index < -0.39 is 0 Å². The number of ether oxygens (including phenoxy) is 1. The number of rotatable bonds is 9. The molecule has 3 rings (SSSR count). The van der Waals surface area contributed by atoms with Gasteiger partial charge in [0.2, 0.25) is 5.91 Å². The summed E-state index contributed by atoms with van der Waals surface area (Å²) >= 11 is 5.99. The zero-order chi connectivity index (χ0) is 21.3. The van der Waals surface area contributed by atoms with Crippen molar-refractivity contribution in [2.24, 2.45) is 0 Å². The number of nitrogens with zero attached hydrogens (tertiary/aromatic N) is 2. The van der Waals surface area contributed by atoms with Crippen molar-refractivity contribution in [1.29, 1.82) is 0 Å². The summed E-state index contributed by atoms with van der Waals surface area (Å²) in [5, 5.41) is 10.5. The van der Waals surface area contributed by atoms with Gasteiger partial charge in [-0.1, -0.05) is 54.1 Å². The van der Waals surface area contributed by atoms with E-state index >= 15 is 0 Å². The number of hydrogen-bond acceptors (Lipinski definition) is 4. The standard InChI is InChI=1S/C22H23ClN4O3/c1-30-12-11-24-20(28)13-25-22(29)19-15-27(14-16-5-3-2-4-6-16)26-21(19)17-7-9-18(23)10-8-17/h2-10,15H,11-14H2,1H3,(H,24,28)(H,25,29). The summed E-state index contributed by atoms with van der Waals surface area (Å²) in [6.07, 6.45) is 1.69. The summed E-state index contributed by atoms with van der Waals surface area (Å²) < 4.78 is 6.60. The van der Waals surface area contributed by atoms with Crippen LogP contribution in [-0.2, 0) is 16.1 Å². The monoisotopic (exact) mass is 426 g/mol. The third kappa shape index (κ3) is 5.92. The van der Waals surface area contributed by atoms with Crippen molar-refractivity contribution in [1.82, 2.24) is 20.4 Å². The Morgan fingerprint density at radius 3 is 2.50 bits per heavy atom. The molecule has 0 atom stereocenters. The summed E-state index contributed by atoms with van der Waals surface area (Å²) in [5.74, 6) is -0.661. The number of carbonyl (C=O) groups is 2. The van der Waals surface area contributed by atoms with Crippen LogP contribution in [0.1, 0.15) is 15.9 Å². The summed E-state index contributed by atoms with van der Waals surface area (Å²) in [5.41, 5.74) is 2.74. The molecule has 0 aliphatic rings. The van der Waals surface area contributed by atoms with E-state index in [1.165, 1.54) is 0 Å². The van der Waals surface area contributed by atoms with Gasteiger partial charge in [-0.3, -0.25) is 14.3 Å². The molecule has 30 heavy (non-hydrogen) atoms. The molecule has 0 spiro atoms. The zero-order valence-corrected chi connectivity index (χ0v) is 17.4. The average Bonchev–Trinajstić information content (AvgIpc) is 3.17. The van der Waals surface area contributed by atoms with Crippen molar-refractivity contribution in [3.05, 3.63) is 76.9 Å². The fourth-order valence-electron chi connectivity index (χ4n) is 2.87. The lowest BCUT2D eigenvalue weighted by atomic mass is 10.1. The Bertz CT molecular complexity index is 987. The number of aromatic nitrogens is 2. The van der Waals surface area contributed by atoms with Crippen LogP contribution in [-0.4, -0.2) is 48.4 Å². The first-order chi connectivity index (χ1) is 14.6. The van der Waals surface area contributed by atoms with Gasteiger partial charge in [0.05, 0.1) is 25.3 Å². The minimum absolute atomic E-state index is 0.132. The number of hydrogen-bond donors (Lipinski definition) is 2. The second-order valence-corrected chi connectivity index (χ2v) is 7.04. The Morgan fingerprint density at radius 1 is 1.07 bits per heavy atom. The Balaban J connectivity index is 1.79. The third-order valence-corrected chi connectivity index (χ3v) is 4.60. The Kier molecular flexibility index (Phi) is 7.59. The number of nitrogens with one attached hydrogen (secondary N) is 2. The van der Waals surface area contributed by atoms with Crippen molar-refractivity contribution in [2.45, 2.75) is 6.54 Å². The minimum Gasteiger partial charge on any atom is -0.383 e. The number of amides is 2. The number of halogens is 1. The van der Waals surface area contributed by atoms with Crippen LogP contribution in [0.4, 0.5) is 0 Å². The molecule has 0 fully saturated rings.